The van der Waals surface area contributed by atoms with Gasteiger partial charge >= 0.3 is 6.18 Å². The lowest BCUT2D eigenvalue weighted by Gasteiger charge is -2.09. The summed E-state index contributed by atoms with van der Waals surface area (Å²) in [5.74, 6) is -0.689. The highest BCUT2D eigenvalue weighted by molar-refractivity contribution is 6.31. The molecule has 112 valence electrons. The first kappa shape index (κ1) is 15.4. The Morgan fingerprint density at radius 1 is 1.38 bits per heavy atom. The van der Waals surface area contributed by atoms with E-state index in [0.29, 0.717) is 22.3 Å². The first-order valence-electron chi connectivity index (χ1n) is 5.88. The van der Waals surface area contributed by atoms with Crippen molar-refractivity contribution in [3.8, 4) is 0 Å². The lowest BCUT2D eigenvalue weighted by molar-refractivity contribution is -0.141. The van der Waals surface area contributed by atoms with Gasteiger partial charge in [-0.05, 0) is 24.6 Å². The standard InChI is InChI=1S/C13H11ClF3N3O/c1-7-8(14)4-3-5-9(7)18-12(21)10-6-11(13(15,16)17)19-20(10)2/h3-6H,1-2H3,(H,18,21). The Morgan fingerprint density at radius 3 is 2.62 bits per heavy atom. The third-order valence-corrected chi connectivity index (χ3v) is 3.33. The van der Waals surface area contributed by atoms with E-state index in [1.165, 1.54) is 7.05 Å². The van der Waals surface area contributed by atoms with Gasteiger partial charge in [-0.2, -0.15) is 18.3 Å². The van der Waals surface area contributed by atoms with E-state index in [0.717, 1.165) is 4.68 Å². The number of aryl methyl sites for hydroxylation is 1. The van der Waals surface area contributed by atoms with Crippen LogP contribution in [-0.2, 0) is 13.2 Å². The van der Waals surface area contributed by atoms with Gasteiger partial charge in [0.15, 0.2) is 5.69 Å². The van der Waals surface area contributed by atoms with Gasteiger partial charge in [0.2, 0.25) is 0 Å². The minimum Gasteiger partial charge on any atom is -0.320 e. The molecule has 2 aromatic rings. The number of carbonyl (C=O) groups excluding carboxylic acids is 1. The van der Waals surface area contributed by atoms with E-state index in [9.17, 15) is 18.0 Å². The molecule has 0 atom stereocenters. The number of hydrogen-bond acceptors (Lipinski definition) is 2. The fraction of sp³-hybridized carbons (Fsp3) is 0.231. The average Bonchev–Trinajstić information content (AvgIpc) is 2.77. The molecule has 0 bridgehead atoms. The van der Waals surface area contributed by atoms with Gasteiger partial charge in [-0.25, -0.2) is 0 Å². The highest BCUT2D eigenvalue weighted by Crippen LogP contribution is 2.29. The molecule has 0 saturated heterocycles. The van der Waals surface area contributed by atoms with Crippen LogP contribution in [0.15, 0.2) is 24.3 Å². The summed E-state index contributed by atoms with van der Waals surface area (Å²) < 4.78 is 38.6. The van der Waals surface area contributed by atoms with Gasteiger partial charge in [0.1, 0.15) is 5.69 Å². The molecule has 0 spiro atoms. The van der Waals surface area contributed by atoms with Crippen molar-refractivity contribution in [2.45, 2.75) is 13.1 Å². The molecule has 1 N–H and O–H groups in total. The molecule has 0 aliphatic rings. The number of anilines is 1. The molecule has 0 aliphatic carbocycles. The van der Waals surface area contributed by atoms with Gasteiger partial charge in [-0.15, -0.1) is 0 Å². The summed E-state index contributed by atoms with van der Waals surface area (Å²) >= 11 is 5.92. The van der Waals surface area contributed by atoms with Crippen molar-refractivity contribution >= 4 is 23.2 Å². The van der Waals surface area contributed by atoms with Crippen molar-refractivity contribution < 1.29 is 18.0 Å². The summed E-state index contributed by atoms with van der Waals surface area (Å²) in [6.45, 7) is 1.70. The second-order valence-corrected chi connectivity index (χ2v) is 4.81. The normalized spacial score (nSPS) is 11.5. The second kappa shape index (κ2) is 5.40. The number of aromatic nitrogens is 2. The summed E-state index contributed by atoms with van der Waals surface area (Å²) in [4.78, 5) is 12.1. The van der Waals surface area contributed by atoms with Gasteiger partial charge in [-0.1, -0.05) is 17.7 Å². The van der Waals surface area contributed by atoms with Gasteiger partial charge < -0.3 is 5.32 Å². The number of benzene rings is 1. The van der Waals surface area contributed by atoms with Crippen LogP contribution in [0, 0.1) is 6.92 Å². The van der Waals surface area contributed by atoms with Crippen LogP contribution in [0.1, 0.15) is 21.7 Å². The number of nitrogens with one attached hydrogen (secondary N) is 1. The first-order valence-corrected chi connectivity index (χ1v) is 6.25. The maximum Gasteiger partial charge on any atom is 0.435 e. The molecule has 0 radical (unpaired) electrons. The summed E-state index contributed by atoms with van der Waals surface area (Å²) in [6, 6.07) is 5.60. The van der Waals surface area contributed by atoms with Crippen molar-refractivity contribution in [2.24, 2.45) is 7.05 Å². The van der Waals surface area contributed by atoms with Crippen molar-refractivity contribution in [3.63, 3.8) is 0 Å². The molecule has 0 aliphatic heterocycles. The molecular weight excluding hydrogens is 307 g/mol. The molecule has 1 amide bonds. The summed E-state index contributed by atoms with van der Waals surface area (Å²) in [7, 11) is 1.27. The zero-order valence-electron chi connectivity index (χ0n) is 11.1. The molecule has 1 aromatic carbocycles. The molecule has 0 fully saturated rings. The fourth-order valence-electron chi connectivity index (χ4n) is 1.75. The topological polar surface area (TPSA) is 46.9 Å². The SMILES string of the molecule is Cc1c(Cl)cccc1NC(=O)c1cc(C(F)(F)F)nn1C. The maximum absolute atomic E-state index is 12.6. The lowest BCUT2D eigenvalue weighted by atomic mass is 10.2. The summed E-state index contributed by atoms with van der Waals surface area (Å²) in [5.41, 5.74) is -0.243. The highest BCUT2D eigenvalue weighted by Gasteiger charge is 2.35. The third-order valence-electron chi connectivity index (χ3n) is 2.92. The largest absolute Gasteiger partial charge is 0.435 e. The number of carbonyl (C=O) groups is 1. The van der Waals surface area contributed by atoms with Crippen LogP contribution < -0.4 is 5.32 Å². The van der Waals surface area contributed by atoms with E-state index in [-0.39, 0.29) is 5.69 Å². The van der Waals surface area contributed by atoms with Crippen molar-refractivity contribution in [1.82, 2.24) is 9.78 Å². The highest BCUT2D eigenvalue weighted by atomic mass is 35.5. The smallest absolute Gasteiger partial charge is 0.320 e. The molecule has 1 heterocycles. The van der Waals surface area contributed by atoms with Crippen molar-refractivity contribution in [3.05, 3.63) is 46.2 Å². The van der Waals surface area contributed by atoms with Crippen LogP contribution in [0.4, 0.5) is 18.9 Å². The molecule has 0 saturated carbocycles. The third kappa shape index (κ3) is 3.18. The van der Waals surface area contributed by atoms with Crippen LogP contribution in [0.5, 0.6) is 0 Å². The Labute approximate surface area is 123 Å². The van der Waals surface area contributed by atoms with E-state index in [4.69, 9.17) is 11.6 Å². The number of alkyl halides is 3. The number of hydrogen-bond donors (Lipinski definition) is 1. The quantitative estimate of drug-likeness (QED) is 0.919. The van der Waals surface area contributed by atoms with E-state index >= 15 is 0 Å². The van der Waals surface area contributed by atoms with E-state index in [1.807, 2.05) is 0 Å². The van der Waals surface area contributed by atoms with Gasteiger partial charge in [0, 0.05) is 23.8 Å². The van der Waals surface area contributed by atoms with Gasteiger partial charge in [0.05, 0.1) is 0 Å². The minimum absolute atomic E-state index is 0.193. The Balaban J connectivity index is 2.29. The van der Waals surface area contributed by atoms with Gasteiger partial charge in [-0.3, -0.25) is 9.48 Å². The van der Waals surface area contributed by atoms with Crippen molar-refractivity contribution in [2.75, 3.05) is 5.32 Å². The number of rotatable bonds is 2. The Kier molecular flexibility index (Phi) is 3.95. The monoisotopic (exact) mass is 317 g/mol. The van der Waals surface area contributed by atoms with Crippen LogP contribution >= 0.6 is 11.6 Å². The predicted octanol–water partition coefficient (Wildman–Crippen LogP) is 3.65. The maximum atomic E-state index is 12.6. The Bertz CT molecular complexity index is 694. The molecule has 8 heteroatoms. The second-order valence-electron chi connectivity index (χ2n) is 4.40. The summed E-state index contributed by atoms with van der Waals surface area (Å²) in [5, 5.41) is 6.26. The molecule has 4 nitrogen and oxygen atoms in total. The molecular formula is C13H11ClF3N3O. The Hall–Kier alpha value is -2.02. The zero-order chi connectivity index (χ0) is 15.8. The fourth-order valence-corrected chi connectivity index (χ4v) is 1.92. The Morgan fingerprint density at radius 2 is 2.05 bits per heavy atom. The molecule has 21 heavy (non-hydrogen) atoms. The number of amides is 1. The van der Waals surface area contributed by atoms with Gasteiger partial charge in [0.25, 0.3) is 5.91 Å². The molecule has 1 aromatic heterocycles. The van der Waals surface area contributed by atoms with E-state index < -0.39 is 17.8 Å². The van der Waals surface area contributed by atoms with E-state index in [1.54, 1.807) is 25.1 Å². The lowest BCUT2D eigenvalue weighted by Crippen LogP contribution is -2.16. The average molecular weight is 318 g/mol. The van der Waals surface area contributed by atoms with Crippen molar-refractivity contribution in [1.29, 1.82) is 0 Å². The number of halogens is 4. The number of nitrogens with zero attached hydrogens (tertiary/aromatic N) is 2. The van der Waals surface area contributed by atoms with Crippen LogP contribution in [0.25, 0.3) is 0 Å². The van der Waals surface area contributed by atoms with Crippen LogP contribution in [0.3, 0.4) is 0 Å². The zero-order valence-corrected chi connectivity index (χ0v) is 11.9. The first-order chi connectivity index (χ1) is 9.70. The molecule has 0 unspecified atom stereocenters. The van der Waals surface area contributed by atoms with Crippen LogP contribution in [-0.4, -0.2) is 15.7 Å². The molecule has 2 rings (SSSR count). The minimum atomic E-state index is -4.59. The van der Waals surface area contributed by atoms with Crippen LogP contribution in [0.2, 0.25) is 5.02 Å². The van der Waals surface area contributed by atoms with E-state index in [2.05, 4.69) is 10.4 Å². The summed E-state index contributed by atoms with van der Waals surface area (Å²) in [6.07, 6.45) is -4.59. The predicted molar refractivity (Wildman–Crippen MR) is 72.4 cm³/mol.